The molecule has 1 fully saturated rings. The Morgan fingerprint density at radius 3 is 3.00 bits per heavy atom. The molecule has 1 unspecified atom stereocenters. The molecule has 0 saturated carbocycles. The summed E-state index contributed by atoms with van der Waals surface area (Å²) in [5, 5.41) is 12.5. The average molecular weight is 264 g/mol. The molecule has 0 radical (unpaired) electrons. The Morgan fingerprint density at radius 2 is 2.26 bits per heavy atom. The third-order valence-corrected chi connectivity index (χ3v) is 3.57. The van der Waals surface area contributed by atoms with Crippen LogP contribution < -0.4 is 10.2 Å². The molecule has 1 aromatic rings. The lowest BCUT2D eigenvalue weighted by molar-refractivity contribution is 0.262. The minimum atomic E-state index is 0.241. The van der Waals surface area contributed by atoms with Gasteiger partial charge in [0.25, 0.3) is 0 Å². The molecule has 2 heterocycles. The minimum Gasteiger partial charge on any atom is -0.396 e. The summed E-state index contributed by atoms with van der Waals surface area (Å²) < 4.78 is 0. The van der Waals surface area contributed by atoms with Crippen molar-refractivity contribution in [1.29, 1.82) is 0 Å². The van der Waals surface area contributed by atoms with Gasteiger partial charge in [0.05, 0.1) is 0 Å². The Hall–Kier alpha value is -1.36. The minimum absolute atomic E-state index is 0.241. The molecule has 1 aliphatic heterocycles. The van der Waals surface area contributed by atoms with Crippen LogP contribution in [-0.4, -0.2) is 40.8 Å². The monoisotopic (exact) mass is 264 g/mol. The maximum absolute atomic E-state index is 9.20. The Labute approximate surface area is 115 Å². The van der Waals surface area contributed by atoms with E-state index in [4.69, 9.17) is 0 Å². The van der Waals surface area contributed by atoms with Crippen LogP contribution >= 0.6 is 0 Å². The van der Waals surface area contributed by atoms with Gasteiger partial charge in [-0.15, -0.1) is 0 Å². The zero-order chi connectivity index (χ0) is 13.7. The zero-order valence-corrected chi connectivity index (χ0v) is 11.9. The van der Waals surface area contributed by atoms with Crippen LogP contribution in [0.1, 0.15) is 38.4 Å². The van der Waals surface area contributed by atoms with Gasteiger partial charge in [-0.1, -0.05) is 0 Å². The van der Waals surface area contributed by atoms with E-state index in [0.29, 0.717) is 6.04 Å². The molecule has 0 bridgehead atoms. The molecule has 1 atom stereocenters. The van der Waals surface area contributed by atoms with E-state index in [1.165, 1.54) is 12.8 Å². The van der Waals surface area contributed by atoms with Crippen LogP contribution in [0.2, 0.25) is 0 Å². The first-order valence-corrected chi connectivity index (χ1v) is 7.21. The highest BCUT2D eigenvalue weighted by Crippen LogP contribution is 2.26. The number of aliphatic hydroxyl groups excluding tert-OH is 1. The standard InChI is InChI=1S/C14H24N4O/c1-3-15-13-10-14(17-11(2)16-13)18-8-5-4-6-12(18)7-9-19/h10,12,19H,3-9H2,1-2H3,(H,15,16,17). The molecule has 0 amide bonds. The van der Waals surface area contributed by atoms with E-state index in [-0.39, 0.29) is 6.61 Å². The summed E-state index contributed by atoms with van der Waals surface area (Å²) in [5.41, 5.74) is 0. The lowest BCUT2D eigenvalue weighted by Crippen LogP contribution is -2.40. The van der Waals surface area contributed by atoms with E-state index in [2.05, 4.69) is 27.1 Å². The van der Waals surface area contributed by atoms with Crippen molar-refractivity contribution in [2.24, 2.45) is 0 Å². The third-order valence-electron chi connectivity index (χ3n) is 3.57. The lowest BCUT2D eigenvalue weighted by Gasteiger charge is -2.36. The van der Waals surface area contributed by atoms with Crippen molar-refractivity contribution in [1.82, 2.24) is 9.97 Å². The number of aromatic nitrogens is 2. The lowest BCUT2D eigenvalue weighted by atomic mass is 9.99. The van der Waals surface area contributed by atoms with E-state index < -0.39 is 0 Å². The number of aryl methyl sites for hydroxylation is 1. The molecule has 1 aliphatic rings. The molecule has 1 saturated heterocycles. The first-order chi connectivity index (χ1) is 9.24. The van der Waals surface area contributed by atoms with E-state index in [0.717, 1.165) is 43.4 Å². The number of nitrogens with one attached hydrogen (secondary N) is 1. The quantitative estimate of drug-likeness (QED) is 0.851. The zero-order valence-electron chi connectivity index (χ0n) is 11.9. The molecular formula is C14H24N4O. The second-order valence-electron chi connectivity index (χ2n) is 5.04. The van der Waals surface area contributed by atoms with Gasteiger partial charge < -0.3 is 15.3 Å². The highest BCUT2D eigenvalue weighted by molar-refractivity contribution is 5.50. The topological polar surface area (TPSA) is 61.3 Å². The van der Waals surface area contributed by atoms with Crippen LogP contribution in [0, 0.1) is 6.92 Å². The van der Waals surface area contributed by atoms with Gasteiger partial charge in [-0.25, -0.2) is 9.97 Å². The van der Waals surface area contributed by atoms with Crippen molar-refractivity contribution in [2.45, 2.75) is 45.6 Å². The third kappa shape index (κ3) is 3.56. The van der Waals surface area contributed by atoms with Gasteiger partial charge in [-0.2, -0.15) is 0 Å². The number of aliphatic hydroxyl groups is 1. The number of piperidine rings is 1. The predicted molar refractivity (Wildman–Crippen MR) is 77.6 cm³/mol. The van der Waals surface area contributed by atoms with Gasteiger partial charge in [0.2, 0.25) is 0 Å². The van der Waals surface area contributed by atoms with Crippen molar-refractivity contribution in [3.05, 3.63) is 11.9 Å². The summed E-state index contributed by atoms with van der Waals surface area (Å²) in [7, 11) is 0. The number of nitrogens with zero attached hydrogens (tertiary/aromatic N) is 3. The fourth-order valence-corrected chi connectivity index (χ4v) is 2.72. The Kier molecular flexibility index (Phi) is 4.96. The molecule has 19 heavy (non-hydrogen) atoms. The van der Waals surface area contributed by atoms with Crippen LogP contribution in [0.3, 0.4) is 0 Å². The van der Waals surface area contributed by atoms with Crippen molar-refractivity contribution in [3.63, 3.8) is 0 Å². The summed E-state index contributed by atoms with van der Waals surface area (Å²) in [5.74, 6) is 2.67. The largest absolute Gasteiger partial charge is 0.396 e. The Bertz CT molecular complexity index is 408. The second kappa shape index (κ2) is 6.70. The molecule has 2 N–H and O–H groups in total. The highest BCUT2D eigenvalue weighted by atomic mass is 16.3. The first-order valence-electron chi connectivity index (χ1n) is 7.21. The fourth-order valence-electron chi connectivity index (χ4n) is 2.72. The molecular weight excluding hydrogens is 240 g/mol. The SMILES string of the molecule is CCNc1cc(N2CCCCC2CCO)nc(C)n1. The smallest absolute Gasteiger partial charge is 0.134 e. The second-order valence-corrected chi connectivity index (χ2v) is 5.04. The normalized spacial score (nSPS) is 19.5. The molecule has 0 aliphatic carbocycles. The van der Waals surface area contributed by atoms with Crippen LogP contribution in [0.15, 0.2) is 6.07 Å². The van der Waals surface area contributed by atoms with Crippen molar-refractivity contribution < 1.29 is 5.11 Å². The number of hydrogen-bond donors (Lipinski definition) is 2. The number of anilines is 2. The first kappa shape index (κ1) is 14.1. The van der Waals surface area contributed by atoms with Crippen molar-refractivity contribution in [3.8, 4) is 0 Å². The van der Waals surface area contributed by atoms with Crippen LogP contribution in [-0.2, 0) is 0 Å². The number of rotatable bonds is 5. The molecule has 1 aromatic heterocycles. The van der Waals surface area contributed by atoms with Crippen LogP contribution in [0.5, 0.6) is 0 Å². The maximum atomic E-state index is 9.20. The maximum Gasteiger partial charge on any atom is 0.134 e. The Morgan fingerprint density at radius 1 is 1.42 bits per heavy atom. The molecule has 0 spiro atoms. The van der Waals surface area contributed by atoms with Gasteiger partial charge in [-0.05, 0) is 39.5 Å². The average Bonchev–Trinajstić information content (AvgIpc) is 2.39. The summed E-state index contributed by atoms with van der Waals surface area (Å²) in [4.78, 5) is 11.3. The van der Waals surface area contributed by atoms with Gasteiger partial charge >= 0.3 is 0 Å². The highest BCUT2D eigenvalue weighted by Gasteiger charge is 2.23. The van der Waals surface area contributed by atoms with E-state index in [9.17, 15) is 5.11 Å². The van der Waals surface area contributed by atoms with Gasteiger partial charge in [0, 0.05) is 31.8 Å². The molecule has 5 heteroatoms. The Balaban J connectivity index is 2.22. The van der Waals surface area contributed by atoms with Gasteiger partial charge in [0.1, 0.15) is 17.5 Å². The van der Waals surface area contributed by atoms with Gasteiger partial charge in [0.15, 0.2) is 0 Å². The summed E-state index contributed by atoms with van der Waals surface area (Å²) in [6, 6.07) is 2.43. The van der Waals surface area contributed by atoms with E-state index in [1.54, 1.807) is 0 Å². The summed E-state index contributed by atoms with van der Waals surface area (Å²) >= 11 is 0. The summed E-state index contributed by atoms with van der Waals surface area (Å²) in [6.45, 7) is 6.11. The van der Waals surface area contributed by atoms with Gasteiger partial charge in [-0.3, -0.25) is 0 Å². The van der Waals surface area contributed by atoms with Crippen molar-refractivity contribution in [2.75, 3.05) is 29.9 Å². The summed E-state index contributed by atoms with van der Waals surface area (Å²) in [6.07, 6.45) is 4.40. The molecule has 5 nitrogen and oxygen atoms in total. The van der Waals surface area contributed by atoms with Crippen LogP contribution in [0.25, 0.3) is 0 Å². The predicted octanol–water partition coefficient (Wildman–Crippen LogP) is 1.96. The molecule has 106 valence electrons. The molecule has 2 rings (SSSR count). The van der Waals surface area contributed by atoms with Crippen molar-refractivity contribution >= 4 is 11.6 Å². The molecule has 0 aromatic carbocycles. The van der Waals surface area contributed by atoms with E-state index >= 15 is 0 Å². The van der Waals surface area contributed by atoms with E-state index in [1.807, 2.05) is 13.0 Å². The van der Waals surface area contributed by atoms with Crippen LogP contribution in [0.4, 0.5) is 11.6 Å². The number of hydrogen-bond acceptors (Lipinski definition) is 5. The fraction of sp³-hybridized carbons (Fsp3) is 0.714.